The molecule has 0 saturated heterocycles. The fourth-order valence-corrected chi connectivity index (χ4v) is 4.06. The topological polar surface area (TPSA) is 47.0 Å². The minimum atomic E-state index is 0.806. The lowest BCUT2D eigenvalue weighted by atomic mass is 10.0. The van der Waals surface area contributed by atoms with Crippen LogP contribution in [0.2, 0.25) is 0 Å². The zero-order chi connectivity index (χ0) is 18.1. The highest BCUT2D eigenvalue weighted by molar-refractivity contribution is 7.19. The zero-order valence-electron chi connectivity index (χ0n) is 14.9. The molecule has 0 unspecified atom stereocenters. The summed E-state index contributed by atoms with van der Waals surface area (Å²) in [5.74, 6) is 1.61. The van der Waals surface area contributed by atoms with E-state index in [0.29, 0.717) is 0 Å². The number of thiophene rings is 1. The molecule has 0 saturated carbocycles. The van der Waals surface area contributed by atoms with E-state index >= 15 is 0 Å². The summed E-state index contributed by atoms with van der Waals surface area (Å²) >= 11 is 1.69. The van der Waals surface area contributed by atoms with Crippen molar-refractivity contribution in [3.05, 3.63) is 65.3 Å². The van der Waals surface area contributed by atoms with E-state index < -0.39 is 0 Å². The predicted octanol–water partition coefficient (Wildman–Crippen LogP) is 5.73. The van der Waals surface area contributed by atoms with Crippen LogP contribution in [0, 0.1) is 13.8 Å². The summed E-state index contributed by atoms with van der Waals surface area (Å²) in [5, 5.41) is 4.49. The molecule has 4 aromatic rings. The van der Waals surface area contributed by atoms with Gasteiger partial charge in [-0.3, -0.25) is 0 Å². The average Bonchev–Trinajstić information content (AvgIpc) is 2.99. The van der Waals surface area contributed by atoms with Gasteiger partial charge in [0.05, 0.1) is 12.5 Å². The van der Waals surface area contributed by atoms with Gasteiger partial charge < -0.3 is 10.1 Å². The highest BCUT2D eigenvalue weighted by atomic mass is 32.1. The minimum Gasteiger partial charge on any atom is -0.497 e. The summed E-state index contributed by atoms with van der Waals surface area (Å²) in [6, 6.07) is 16.4. The first-order valence-corrected chi connectivity index (χ1v) is 9.19. The van der Waals surface area contributed by atoms with Gasteiger partial charge in [-0.1, -0.05) is 35.9 Å². The van der Waals surface area contributed by atoms with Gasteiger partial charge in [0, 0.05) is 22.2 Å². The molecule has 0 bridgehead atoms. The molecule has 0 amide bonds. The van der Waals surface area contributed by atoms with Crippen LogP contribution in [0.15, 0.2) is 54.9 Å². The van der Waals surface area contributed by atoms with Gasteiger partial charge in [0.2, 0.25) is 0 Å². The Balaban J connectivity index is 1.86. The molecular formula is C21H19N3OS. The minimum absolute atomic E-state index is 0.806. The molecule has 0 radical (unpaired) electrons. The quantitative estimate of drug-likeness (QED) is 0.504. The van der Waals surface area contributed by atoms with E-state index in [9.17, 15) is 0 Å². The highest BCUT2D eigenvalue weighted by Crippen LogP contribution is 2.41. The van der Waals surface area contributed by atoms with Crippen molar-refractivity contribution in [2.24, 2.45) is 0 Å². The van der Waals surface area contributed by atoms with Gasteiger partial charge in [-0.2, -0.15) is 0 Å². The molecule has 0 aliphatic heterocycles. The Hall–Kier alpha value is -2.92. The van der Waals surface area contributed by atoms with Crippen LogP contribution in [-0.4, -0.2) is 17.1 Å². The summed E-state index contributed by atoms with van der Waals surface area (Å²) in [6.07, 6.45) is 1.61. The molecule has 130 valence electrons. The third-order valence-electron chi connectivity index (χ3n) is 4.34. The number of hydrogen-bond acceptors (Lipinski definition) is 5. The van der Waals surface area contributed by atoms with Gasteiger partial charge in [-0.05, 0) is 31.5 Å². The smallest absolute Gasteiger partial charge is 0.143 e. The number of nitrogens with one attached hydrogen (secondary N) is 1. The van der Waals surface area contributed by atoms with Crippen molar-refractivity contribution in [2.45, 2.75) is 13.8 Å². The third kappa shape index (κ3) is 3.02. The maximum Gasteiger partial charge on any atom is 0.143 e. The first-order chi connectivity index (χ1) is 12.7. The molecule has 2 aromatic carbocycles. The molecule has 26 heavy (non-hydrogen) atoms. The molecule has 4 nitrogen and oxygen atoms in total. The van der Waals surface area contributed by atoms with Gasteiger partial charge in [0.25, 0.3) is 0 Å². The van der Waals surface area contributed by atoms with Crippen molar-refractivity contribution >= 4 is 33.1 Å². The molecule has 0 spiro atoms. The molecule has 0 aliphatic carbocycles. The first-order valence-electron chi connectivity index (χ1n) is 8.38. The van der Waals surface area contributed by atoms with Gasteiger partial charge in [0.15, 0.2) is 0 Å². The Labute approximate surface area is 156 Å². The lowest BCUT2D eigenvalue weighted by molar-refractivity contribution is 0.415. The van der Waals surface area contributed by atoms with Crippen molar-refractivity contribution in [1.82, 2.24) is 9.97 Å². The lowest BCUT2D eigenvalue weighted by Crippen LogP contribution is -1.96. The van der Waals surface area contributed by atoms with E-state index in [0.717, 1.165) is 27.5 Å². The molecule has 4 rings (SSSR count). The normalized spacial score (nSPS) is 10.9. The predicted molar refractivity (Wildman–Crippen MR) is 109 cm³/mol. The van der Waals surface area contributed by atoms with Gasteiger partial charge in [-0.25, -0.2) is 9.97 Å². The van der Waals surface area contributed by atoms with Crippen molar-refractivity contribution in [3.63, 3.8) is 0 Å². The van der Waals surface area contributed by atoms with E-state index in [1.165, 1.54) is 21.6 Å². The largest absolute Gasteiger partial charge is 0.497 e. The monoisotopic (exact) mass is 361 g/mol. The van der Waals surface area contributed by atoms with Gasteiger partial charge in [-0.15, -0.1) is 11.3 Å². The summed E-state index contributed by atoms with van der Waals surface area (Å²) in [4.78, 5) is 11.2. The molecule has 0 aliphatic rings. The van der Waals surface area contributed by atoms with Crippen LogP contribution in [0.1, 0.15) is 10.4 Å². The number of anilines is 2. The first kappa shape index (κ1) is 16.5. The van der Waals surface area contributed by atoms with Crippen LogP contribution < -0.4 is 10.1 Å². The Morgan fingerprint density at radius 2 is 1.81 bits per heavy atom. The van der Waals surface area contributed by atoms with Crippen LogP contribution in [-0.2, 0) is 0 Å². The molecule has 0 atom stereocenters. The number of benzene rings is 2. The Bertz CT molecular complexity index is 1070. The number of hydrogen-bond donors (Lipinski definition) is 1. The maximum absolute atomic E-state index is 5.32. The summed E-state index contributed by atoms with van der Waals surface area (Å²) < 4.78 is 5.32. The molecule has 2 aromatic heterocycles. The second kappa shape index (κ2) is 6.77. The number of aromatic nitrogens is 2. The number of rotatable bonds is 4. The van der Waals surface area contributed by atoms with Gasteiger partial charge >= 0.3 is 0 Å². The summed E-state index contributed by atoms with van der Waals surface area (Å²) in [5.41, 5.74) is 4.55. The number of ether oxygens (including phenoxy) is 1. The number of nitrogens with zero attached hydrogens (tertiary/aromatic N) is 2. The van der Waals surface area contributed by atoms with Gasteiger partial charge in [0.1, 0.15) is 22.7 Å². The zero-order valence-corrected chi connectivity index (χ0v) is 15.7. The summed E-state index contributed by atoms with van der Waals surface area (Å²) in [6.45, 7) is 4.23. The Morgan fingerprint density at radius 1 is 1.00 bits per heavy atom. The second-order valence-corrected chi connectivity index (χ2v) is 7.36. The van der Waals surface area contributed by atoms with Crippen LogP contribution in [0.25, 0.3) is 21.3 Å². The van der Waals surface area contributed by atoms with Crippen molar-refractivity contribution in [3.8, 4) is 16.9 Å². The van der Waals surface area contributed by atoms with Crippen molar-refractivity contribution in [1.29, 1.82) is 0 Å². The Morgan fingerprint density at radius 3 is 2.58 bits per heavy atom. The average molecular weight is 361 g/mol. The van der Waals surface area contributed by atoms with E-state index in [1.807, 2.05) is 24.3 Å². The van der Waals surface area contributed by atoms with Crippen LogP contribution >= 0.6 is 11.3 Å². The molecule has 0 fully saturated rings. The molecular weight excluding hydrogens is 342 g/mol. The standard InChI is InChI=1S/C21H19N3OS/c1-13-7-9-15(10-8-13)18-14(2)26-21-19(18)20(22-12-23-21)24-16-5-4-6-17(11-16)25-3/h4-12H,1-3H3,(H,22,23,24). The number of fused-ring (bicyclic) bond motifs is 1. The van der Waals surface area contributed by atoms with E-state index in [2.05, 4.69) is 53.4 Å². The van der Waals surface area contributed by atoms with E-state index in [1.54, 1.807) is 24.8 Å². The third-order valence-corrected chi connectivity index (χ3v) is 5.35. The van der Waals surface area contributed by atoms with Crippen molar-refractivity contribution in [2.75, 3.05) is 12.4 Å². The van der Waals surface area contributed by atoms with Crippen LogP contribution in [0.5, 0.6) is 5.75 Å². The van der Waals surface area contributed by atoms with E-state index in [-0.39, 0.29) is 0 Å². The second-order valence-electron chi connectivity index (χ2n) is 6.16. The molecule has 1 N–H and O–H groups in total. The maximum atomic E-state index is 5.32. The fraction of sp³-hybridized carbons (Fsp3) is 0.143. The van der Waals surface area contributed by atoms with E-state index in [4.69, 9.17) is 4.74 Å². The highest BCUT2D eigenvalue weighted by Gasteiger charge is 2.17. The SMILES string of the molecule is COc1cccc(Nc2ncnc3sc(C)c(-c4ccc(C)cc4)c23)c1. The Kier molecular flexibility index (Phi) is 4.31. The van der Waals surface area contributed by atoms with Crippen molar-refractivity contribution < 1.29 is 4.74 Å². The molecule has 5 heteroatoms. The lowest BCUT2D eigenvalue weighted by Gasteiger charge is -2.10. The van der Waals surface area contributed by atoms with Crippen LogP contribution in [0.3, 0.4) is 0 Å². The van der Waals surface area contributed by atoms with Crippen LogP contribution in [0.4, 0.5) is 11.5 Å². The molecule has 2 heterocycles. The number of aryl methyl sites for hydroxylation is 2. The number of methoxy groups -OCH3 is 1. The fourth-order valence-electron chi connectivity index (χ4n) is 3.04. The summed E-state index contributed by atoms with van der Waals surface area (Å²) in [7, 11) is 1.67.